The molecule has 0 aromatic carbocycles. The van der Waals surface area contributed by atoms with Crippen LogP contribution in [0.25, 0.3) is 0 Å². The molecule has 0 aromatic rings. The van der Waals surface area contributed by atoms with Crippen LogP contribution in [0.3, 0.4) is 0 Å². The minimum Gasteiger partial charge on any atom is -0.466 e. The molecule has 1 unspecified atom stereocenters. The van der Waals surface area contributed by atoms with Crippen LogP contribution in [0, 0.1) is 11.8 Å². The highest BCUT2D eigenvalue weighted by atomic mass is 16.6. The maximum Gasteiger partial charge on any atom is 0.309 e. The van der Waals surface area contributed by atoms with E-state index in [9.17, 15) is 9.59 Å². The van der Waals surface area contributed by atoms with Crippen molar-refractivity contribution < 1.29 is 23.8 Å². The Balaban J connectivity index is 4.82. The van der Waals surface area contributed by atoms with Crippen LogP contribution in [-0.2, 0) is 23.8 Å². The summed E-state index contributed by atoms with van der Waals surface area (Å²) in [5.41, 5.74) is -0.570. The van der Waals surface area contributed by atoms with Gasteiger partial charge in [0.25, 0.3) is 0 Å². The summed E-state index contributed by atoms with van der Waals surface area (Å²) in [7, 11) is 0. The van der Waals surface area contributed by atoms with Crippen molar-refractivity contribution in [1.29, 1.82) is 0 Å². The first-order valence-electron chi connectivity index (χ1n) is 8.21. The van der Waals surface area contributed by atoms with Crippen LogP contribution in [0.15, 0.2) is 12.7 Å². The Hall–Kier alpha value is -1.36. The Morgan fingerprint density at radius 1 is 1.22 bits per heavy atom. The van der Waals surface area contributed by atoms with E-state index in [1.807, 2.05) is 13.8 Å². The smallest absolute Gasteiger partial charge is 0.309 e. The van der Waals surface area contributed by atoms with E-state index >= 15 is 0 Å². The van der Waals surface area contributed by atoms with E-state index in [2.05, 4.69) is 6.58 Å². The Morgan fingerprint density at radius 2 is 1.83 bits per heavy atom. The fraction of sp³-hybridized carbons (Fsp3) is 0.778. The first-order chi connectivity index (χ1) is 10.6. The number of carbonyl (C=O) groups excluding carboxylic acids is 2. The zero-order valence-corrected chi connectivity index (χ0v) is 15.4. The molecule has 5 nitrogen and oxygen atoms in total. The maximum absolute atomic E-state index is 12.2. The number of hydrogen-bond donors (Lipinski definition) is 0. The average molecular weight is 328 g/mol. The summed E-state index contributed by atoms with van der Waals surface area (Å²) in [4.78, 5) is 24.3. The molecule has 0 rings (SSSR count). The Kier molecular flexibility index (Phi) is 9.80. The van der Waals surface area contributed by atoms with Crippen LogP contribution in [0.2, 0.25) is 0 Å². The van der Waals surface area contributed by atoms with E-state index < -0.39 is 11.5 Å². The summed E-state index contributed by atoms with van der Waals surface area (Å²) in [5, 5.41) is 0. The summed E-state index contributed by atoms with van der Waals surface area (Å²) in [5.74, 6) is -1.33. The lowest BCUT2D eigenvalue weighted by Gasteiger charge is -2.26. The van der Waals surface area contributed by atoms with Crippen LogP contribution in [0.5, 0.6) is 0 Å². The quantitative estimate of drug-likeness (QED) is 0.453. The molecular weight excluding hydrogens is 296 g/mol. The highest BCUT2D eigenvalue weighted by Crippen LogP contribution is 2.25. The molecule has 134 valence electrons. The second-order valence-electron chi connectivity index (χ2n) is 6.79. The number of esters is 2. The van der Waals surface area contributed by atoms with Gasteiger partial charge in [-0.2, -0.15) is 0 Å². The van der Waals surface area contributed by atoms with Gasteiger partial charge in [-0.3, -0.25) is 9.59 Å². The molecule has 0 spiro atoms. The summed E-state index contributed by atoms with van der Waals surface area (Å²) >= 11 is 0. The van der Waals surface area contributed by atoms with E-state index in [-0.39, 0.29) is 30.4 Å². The molecule has 0 aromatic heterocycles. The van der Waals surface area contributed by atoms with Crippen molar-refractivity contribution in [1.82, 2.24) is 0 Å². The minimum atomic E-state index is -0.570. The van der Waals surface area contributed by atoms with Crippen molar-refractivity contribution in [3.05, 3.63) is 12.7 Å². The van der Waals surface area contributed by atoms with Gasteiger partial charge in [-0.05, 0) is 47.0 Å². The predicted octanol–water partition coefficient (Wildman–Crippen LogP) is 3.51. The molecule has 0 fully saturated rings. The molecule has 0 radical (unpaired) electrons. The molecule has 0 amide bonds. The third-order valence-electron chi connectivity index (χ3n) is 3.29. The molecule has 0 aliphatic rings. The molecule has 0 bridgehead atoms. The summed E-state index contributed by atoms with van der Waals surface area (Å²) in [6.07, 6.45) is 2.33. The Labute approximate surface area is 140 Å². The Bertz CT molecular complexity index is 383. The number of carbonyl (C=O) groups is 2. The number of hydrogen-bond acceptors (Lipinski definition) is 5. The third kappa shape index (κ3) is 10.1. The summed E-state index contributed by atoms with van der Waals surface area (Å²) < 4.78 is 16.0. The van der Waals surface area contributed by atoms with E-state index in [1.54, 1.807) is 33.8 Å². The molecule has 0 saturated carbocycles. The molecule has 23 heavy (non-hydrogen) atoms. The van der Waals surface area contributed by atoms with Crippen LogP contribution in [-0.4, -0.2) is 36.9 Å². The van der Waals surface area contributed by atoms with Crippen molar-refractivity contribution in [2.24, 2.45) is 11.8 Å². The van der Waals surface area contributed by atoms with Gasteiger partial charge in [0.15, 0.2) is 0 Å². The average Bonchev–Trinajstić information content (AvgIpc) is 2.40. The van der Waals surface area contributed by atoms with E-state index in [1.165, 1.54) is 0 Å². The molecule has 5 heteroatoms. The monoisotopic (exact) mass is 328 g/mol. The van der Waals surface area contributed by atoms with E-state index in [0.717, 1.165) is 0 Å². The maximum atomic E-state index is 12.2. The van der Waals surface area contributed by atoms with Crippen molar-refractivity contribution in [2.75, 3.05) is 13.2 Å². The van der Waals surface area contributed by atoms with Gasteiger partial charge >= 0.3 is 11.9 Å². The van der Waals surface area contributed by atoms with Gasteiger partial charge in [0.1, 0.15) is 5.60 Å². The van der Waals surface area contributed by atoms with Crippen molar-refractivity contribution in [3.8, 4) is 0 Å². The van der Waals surface area contributed by atoms with Crippen LogP contribution in [0.1, 0.15) is 54.4 Å². The molecule has 0 heterocycles. The van der Waals surface area contributed by atoms with Gasteiger partial charge in [0, 0.05) is 0 Å². The minimum absolute atomic E-state index is 0.0193. The third-order valence-corrected chi connectivity index (χ3v) is 3.29. The standard InChI is InChI=1S/C18H32O5/c1-8-10-22-14(4)11-13(3)15(17(20)21-9-2)12-16(19)23-18(5,6)7/h8,13-15H,1,9-12H2,2-7H3/t13-,14+,15?/m1/s1. The van der Waals surface area contributed by atoms with Crippen LogP contribution >= 0.6 is 0 Å². The SMILES string of the molecule is C=CCO[C@@H](C)C[C@@H](C)C(CC(=O)OC(C)(C)C)C(=O)OCC. The van der Waals surface area contributed by atoms with Gasteiger partial charge in [0.05, 0.1) is 31.7 Å². The Morgan fingerprint density at radius 3 is 2.30 bits per heavy atom. The largest absolute Gasteiger partial charge is 0.466 e. The van der Waals surface area contributed by atoms with Gasteiger partial charge in [-0.15, -0.1) is 6.58 Å². The van der Waals surface area contributed by atoms with Gasteiger partial charge in [-0.25, -0.2) is 0 Å². The lowest BCUT2D eigenvalue weighted by Crippen LogP contribution is -2.32. The first-order valence-corrected chi connectivity index (χ1v) is 8.21. The fourth-order valence-electron chi connectivity index (χ4n) is 2.32. The lowest BCUT2D eigenvalue weighted by molar-refractivity contribution is -0.163. The topological polar surface area (TPSA) is 61.8 Å². The van der Waals surface area contributed by atoms with Gasteiger partial charge < -0.3 is 14.2 Å². The lowest BCUT2D eigenvalue weighted by atomic mass is 9.87. The highest BCUT2D eigenvalue weighted by Gasteiger charge is 2.31. The normalized spacial score (nSPS) is 15.4. The summed E-state index contributed by atoms with van der Waals surface area (Å²) in [6.45, 7) is 15.4. The van der Waals surface area contributed by atoms with Crippen molar-refractivity contribution in [2.45, 2.75) is 66.1 Å². The fourth-order valence-corrected chi connectivity index (χ4v) is 2.32. The second kappa shape index (κ2) is 10.4. The van der Waals surface area contributed by atoms with E-state index in [0.29, 0.717) is 19.6 Å². The molecule has 0 N–H and O–H groups in total. The summed E-state index contributed by atoms with van der Waals surface area (Å²) in [6, 6.07) is 0. The predicted molar refractivity (Wildman–Crippen MR) is 90.0 cm³/mol. The highest BCUT2D eigenvalue weighted by molar-refractivity contribution is 5.80. The zero-order chi connectivity index (χ0) is 18.0. The van der Waals surface area contributed by atoms with Crippen molar-refractivity contribution >= 4 is 11.9 Å². The molecule has 0 aliphatic heterocycles. The molecule has 0 saturated heterocycles. The number of ether oxygens (including phenoxy) is 3. The zero-order valence-electron chi connectivity index (χ0n) is 15.4. The first kappa shape index (κ1) is 21.6. The number of rotatable bonds is 10. The van der Waals surface area contributed by atoms with Crippen molar-refractivity contribution in [3.63, 3.8) is 0 Å². The molecule has 3 atom stereocenters. The van der Waals surface area contributed by atoms with Gasteiger partial charge in [-0.1, -0.05) is 13.0 Å². The molecule has 0 aliphatic carbocycles. The second-order valence-corrected chi connectivity index (χ2v) is 6.79. The van der Waals surface area contributed by atoms with Crippen LogP contribution in [0.4, 0.5) is 0 Å². The molecular formula is C18H32O5. The van der Waals surface area contributed by atoms with Gasteiger partial charge in [0.2, 0.25) is 0 Å². The van der Waals surface area contributed by atoms with Crippen LogP contribution < -0.4 is 0 Å². The van der Waals surface area contributed by atoms with E-state index in [4.69, 9.17) is 14.2 Å².